The fourth-order valence-corrected chi connectivity index (χ4v) is 2.86. The molecule has 1 aliphatic rings. The van der Waals surface area contributed by atoms with Gasteiger partial charge < -0.3 is 15.2 Å². The van der Waals surface area contributed by atoms with Gasteiger partial charge in [-0.2, -0.15) is 0 Å². The summed E-state index contributed by atoms with van der Waals surface area (Å²) in [7, 11) is 0. The highest BCUT2D eigenvalue weighted by atomic mass is 79.9. The first kappa shape index (κ1) is 17.6. The summed E-state index contributed by atoms with van der Waals surface area (Å²) in [5.41, 5.74) is -0.0384. The summed E-state index contributed by atoms with van der Waals surface area (Å²) in [4.78, 5) is 23.2. The number of nitrogens with one attached hydrogen (secondary N) is 1. The number of amides is 1. The lowest BCUT2D eigenvalue weighted by molar-refractivity contribution is -0.274. The van der Waals surface area contributed by atoms with Crippen LogP contribution in [0.4, 0.5) is 13.2 Å². The number of aliphatic carboxylic acids is 1. The Hall–Kier alpha value is -1.77. The first-order valence-electron chi connectivity index (χ1n) is 6.76. The third-order valence-corrected chi connectivity index (χ3v) is 4.22. The van der Waals surface area contributed by atoms with E-state index in [0.717, 1.165) is 6.07 Å². The molecule has 0 heterocycles. The summed E-state index contributed by atoms with van der Waals surface area (Å²) in [5.74, 6) is -2.85. The van der Waals surface area contributed by atoms with Crippen molar-refractivity contribution < 1.29 is 32.6 Å². The number of benzene rings is 1. The van der Waals surface area contributed by atoms with Crippen LogP contribution in [0.3, 0.4) is 0 Å². The molecule has 0 radical (unpaired) electrons. The highest BCUT2D eigenvalue weighted by molar-refractivity contribution is 9.10. The van der Waals surface area contributed by atoms with E-state index in [9.17, 15) is 22.8 Å². The van der Waals surface area contributed by atoms with Gasteiger partial charge in [0.05, 0.1) is 10.4 Å². The van der Waals surface area contributed by atoms with Crippen molar-refractivity contribution in [2.75, 3.05) is 0 Å². The molecule has 5 nitrogen and oxygen atoms in total. The minimum Gasteiger partial charge on any atom is -0.481 e. The topological polar surface area (TPSA) is 75.6 Å². The van der Waals surface area contributed by atoms with Crippen LogP contribution in [-0.2, 0) is 4.79 Å². The molecule has 0 aromatic heterocycles. The Morgan fingerprint density at radius 3 is 2.61 bits per heavy atom. The predicted octanol–water partition coefficient (Wildman–Crippen LogP) is 3.33. The molecule has 1 amide bonds. The van der Waals surface area contributed by atoms with Gasteiger partial charge in [-0.1, -0.05) is 6.42 Å². The summed E-state index contributed by atoms with van der Waals surface area (Å²) in [6.45, 7) is 0. The lowest BCUT2D eigenvalue weighted by atomic mass is 10.0. The van der Waals surface area contributed by atoms with Gasteiger partial charge in [0.25, 0.3) is 5.91 Å². The fourth-order valence-electron chi connectivity index (χ4n) is 2.53. The van der Waals surface area contributed by atoms with Crippen LogP contribution in [0, 0.1) is 5.92 Å². The second kappa shape index (κ2) is 6.77. The lowest BCUT2D eigenvalue weighted by Crippen LogP contribution is -2.40. The first-order chi connectivity index (χ1) is 10.7. The zero-order valence-electron chi connectivity index (χ0n) is 11.7. The zero-order valence-corrected chi connectivity index (χ0v) is 13.3. The molecule has 2 rings (SSSR count). The Morgan fingerprint density at radius 2 is 2.00 bits per heavy atom. The molecular formula is C14H13BrF3NO4. The SMILES string of the molecule is O=C(N[C@H]1CCC[C@H]1C(=O)O)c1ccc(Br)c(OC(F)(F)F)c1. The first-order valence-corrected chi connectivity index (χ1v) is 7.55. The number of alkyl halides is 3. The van der Waals surface area contributed by atoms with E-state index in [1.165, 1.54) is 12.1 Å². The third-order valence-electron chi connectivity index (χ3n) is 3.57. The largest absolute Gasteiger partial charge is 0.573 e. The van der Waals surface area contributed by atoms with Gasteiger partial charge in [0, 0.05) is 11.6 Å². The van der Waals surface area contributed by atoms with Crippen molar-refractivity contribution >= 4 is 27.8 Å². The number of halogens is 4. The van der Waals surface area contributed by atoms with E-state index < -0.39 is 35.9 Å². The minimum atomic E-state index is -4.88. The molecule has 0 spiro atoms. The van der Waals surface area contributed by atoms with E-state index in [4.69, 9.17) is 5.11 Å². The Labute approximate surface area is 137 Å². The van der Waals surface area contributed by atoms with Gasteiger partial charge in [0.15, 0.2) is 0 Å². The van der Waals surface area contributed by atoms with Crippen LogP contribution in [-0.4, -0.2) is 29.4 Å². The van der Waals surface area contributed by atoms with Crippen LogP contribution >= 0.6 is 15.9 Å². The van der Waals surface area contributed by atoms with Crippen molar-refractivity contribution in [2.24, 2.45) is 5.92 Å². The number of carbonyl (C=O) groups excluding carboxylic acids is 1. The maximum absolute atomic E-state index is 12.3. The normalized spacial score (nSPS) is 21.0. The van der Waals surface area contributed by atoms with Gasteiger partial charge >= 0.3 is 12.3 Å². The van der Waals surface area contributed by atoms with E-state index in [1.54, 1.807) is 0 Å². The maximum atomic E-state index is 12.3. The van der Waals surface area contributed by atoms with Crippen molar-refractivity contribution in [3.05, 3.63) is 28.2 Å². The van der Waals surface area contributed by atoms with Crippen LogP contribution in [0.15, 0.2) is 22.7 Å². The van der Waals surface area contributed by atoms with E-state index >= 15 is 0 Å². The number of hydrogen-bond donors (Lipinski definition) is 2. The number of ether oxygens (including phenoxy) is 1. The number of rotatable bonds is 4. The van der Waals surface area contributed by atoms with Crippen LogP contribution in [0.2, 0.25) is 0 Å². The summed E-state index contributed by atoms with van der Waals surface area (Å²) in [6, 6.07) is 3.01. The standard InChI is InChI=1S/C14H13BrF3NO4/c15-9-5-4-7(6-11(9)23-14(16,17)18)12(20)19-10-3-1-2-8(10)13(21)22/h4-6,8,10H,1-3H2,(H,19,20)(H,21,22)/t8-,10+/m1/s1. The third kappa shape index (κ3) is 4.60. The Morgan fingerprint density at radius 1 is 1.30 bits per heavy atom. The van der Waals surface area contributed by atoms with E-state index in [1.807, 2.05) is 0 Å². The average molecular weight is 396 g/mol. The monoisotopic (exact) mass is 395 g/mol. The predicted molar refractivity (Wildman–Crippen MR) is 77.1 cm³/mol. The molecule has 0 aliphatic heterocycles. The van der Waals surface area contributed by atoms with E-state index in [-0.39, 0.29) is 10.0 Å². The molecule has 0 bridgehead atoms. The van der Waals surface area contributed by atoms with Crippen LogP contribution in [0.5, 0.6) is 5.75 Å². The molecule has 0 unspecified atom stereocenters. The van der Waals surface area contributed by atoms with Crippen molar-refractivity contribution in [3.8, 4) is 5.75 Å². The molecule has 2 N–H and O–H groups in total. The van der Waals surface area contributed by atoms with Crippen molar-refractivity contribution in [1.29, 1.82) is 0 Å². The molecule has 1 aromatic carbocycles. The van der Waals surface area contributed by atoms with Gasteiger partial charge in [0.1, 0.15) is 5.75 Å². The summed E-state index contributed by atoms with van der Waals surface area (Å²) >= 11 is 2.91. The minimum absolute atomic E-state index is 0.0384. The molecule has 9 heteroatoms. The van der Waals surface area contributed by atoms with Crippen LogP contribution in [0.25, 0.3) is 0 Å². The smallest absolute Gasteiger partial charge is 0.481 e. The number of carboxylic acids is 1. The van der Waals surface area contributed by atoms with Gasteiger partial charge in [0.2, 0.25) is 0 Å². The number of carboxylic acid groups (broad SMARTS) is 1. The molecule has 1 aromatic rings. The fraction of sp³-hybridized carbons (Fsp3) is 0.429. The Balaban J connectivity index is 2.13. The van der Waals surface area contributed by atoms with Crippen molar-refractivity contribution in [2.45, 2.75) is 31.7 Å². The molecule has 1 aliphatic carbocycles. The van der Waals surface area contributed by atoms with Crippen LogP contribution in [0.1, 0.15) is 29.6 Å². The Bertz CT molecular complexity index is 621. The summed E-state index contributed by atoms with van der Waals surface area (Å²) in [5, 5.41) is 11.6. The molecule has 2 atom stereocenters. The van der Waals surface area contributed by atoms with Gasteiger partial charge in [-0.3, -0.25) is 9.59 Å². The van der Waals surface area contributed by atoms with Crippen LogP contribution < -0.4 is 10.1 Å². The number of carbonyl (C=O) groups is 2. The van der Waals surface area contributed by atoms with E-state index in [0.29, 0.717) is 19.3 Å². The maximum Gasteiger partial charge on any atom is 0.573 e. The second-order valence-corrected chi connectivity index (χ2v) is 6.00. The molecular weight excluding hydrogens is 383 g/mol. The average Bonchev–Trinajstić information content (AvgIpc) is 2.88. The molecule has 1 saturated carbocycles. The van der Waals surface area contributed by atoms with Crippen molar-refractivity contribution in [1.82, 2.24) is 5.32 Å². The molecule has 23 heavy (non-hydrogen) atoms. The molecule has 0 saturated heterocycles. The van der Waals surface area contributed by atoms with E-state index in [2.05, 4.69) is 26.0 Å². The highest BCUT2D eigenvalue weighted by Gasteiger charge is 2.35. The highest BCUT2D eigenvalue weighted by Crippen LogP contribution is 2.32. The Kier molecular flexibility index (Phi) is 5.18. The van der Waals surface area contributed by atoms with Crippen molar-refractivity contribution in [3.63, 3.8) is 0 Å². The quantitative estimate of drug-likeness (QED) is 0.819. The van der Waals surface area contributed by atoms with Gasteiger partial charge in [-0.15, -0.1) is 13.2 Å². The second-order valence-electron chi connectivity index (χ2n) is 5.15. The molecule has 1 fully saturated rings. The van der Waals surface area contributed by atoms with Gasteiger partial charge in [-0.05, 0) is 47.0 Å². The number of hydrogen-bond acceptors (Lipinski definition) is 3. The lowest BCUT2D eigenvalue weighted by Gasteiger charge is -2.18. The molecule has 126 valence electrons. The summed E-state index contributed by atoms with van der Waals surface area (Å²) in [6.07, 6.45) is -3.23. The summed E-state index contributed by atoms with van der Waals surface area (Å²) < 4.78 is 40.8. The van der Waals surface area contributed by atoms with Gasteiger partial charge in [-0.25, -0.2) is 0 Å². The zero-order chi connectivity index (χ0) is 17.2.